The van der Waals surface area contributed by atoms with Gasteiger partial charge in [0.25, 0.3) is 0 Å². The lowest BCUT2D eigenvalue weighted by Gasteiger charge is -2.08. The van der Waals surface area contributed by atoms with Gasteiger partial charge in [-0.3, -0.25) is 10.1 Å². The lowest BCUT2D eigenvalue weighted by molar-refractivity contribution is -0.119. The number of imide groups is 1. The number of hydrogen-bond donors (Lipinski definition) is 2. The van der Waals surface area contributed by atoms with Crippen molar-refractivity contribution >= 4 is 29.2 Å². The van der Waals surface area contributed by atoms with E-state index >= 15 is 0 Å². The molecule has 0 aliphatic rings. The van der Waals surface area contributed by atoms with Gasteiger partial charge in [-0.25, -0.2) is 4.79 Å². The molecule has 6 heteroatoms. The summed E-state index contributed by atoms with van der Waals surface area (Å²) in [5.41, 5.74) is 0.553. The summed E-state index contributed by atoms with van der Waals surface area (Å²) >= 11 is 5.39. The topological polar surface area (TPSA) is 67.4 Å². The third-order valence-electron chi connectivity index (χ3n) is 1.98. The quantitative estimate of drug-likeness (QED) is 0.807. The summed E-state index contributed by atoms with van der Waals surface area (Å²) in [7, 11) is 0. The van der Waals surface area contributed by atoms with Crippen LogP contribution in [0.2, 0.25) is 0 Å². The van der Waals surface area contributed by atoms with Gasteiger partial charge in [0.2, 0.25) is 5.91 Å². The number of halogens is 1. The third-order valence-corrected chi connectivity index (χ3v) is 2.17. The number of benzene rings is 1. The number of ether oxygens (including phenoxy) is 1. The van der Waals surface area contributed by atoms with Crippen molar-refractivity contribution in [2.24, 2.45) is 0 Å². The molecule has 0 saturated heterocycles. The summed E-state index contributed by atoms with van der Waals surface area (Å²) in [4.78, 5) is 22.6. The molecule has 0 fully saturated rings. The Hall–Kier alpha value is -1.75. The van der Waals surface area contributed by atoms with E-state index < -0.39 is 11.9 Å². The van der Waals surface area contributed by atoms with Crippen LogP contribution in [-0.2, 0) is 4.79 Å². The highest BCUT2D eigenvalue weighted by Crippen LogP contribution is 2.16. The first-order valence-electron chi connectivity index (χ1n) is 5.55. The maximum absolute atomic E-state index is 11.4. The Morgan fingerprint density at radius 1 is 1.39 bits per heavy atom. The second kappa shape index (κ2) is 7.55. The number of amides is 3. The Morgan fingerprint density at radius 3 is 2.83 bits per heavy atom. The molecule has 0 heterocycles. The summed E-state index contributed by atoms with van der Waals surface area (Å²) in [6.45, 7) is 2.42. The molecule has 18 heavy (non-hydrogen) atoms. The van der Waals surface area contributed by atoms with Crippen LogP contribution in [0.3, 0.4) is 0 Å². The van der Waals surface area contributed by atoms with Crippen LogP contribution < -0.4 is 15.4 Å². The van der Waals surface area contributed by atoms with Crippen LogP contribution in [0, 0.1) is 0 Å². The molecule has 1 aromatic carbocycles. The van der Waals surface area contributed by atoms with E-state index in [-0.39, 0.29) is 12.3 Å². The Labute approximate surface area is 110 Å². The maximum atomic E-state index is 11.4. The predicted octanol–water partition coefficient (Wildman–Crippen LogP) is 2.36. The number of hydrogen-bond acceptors (Lipinski definition) is 3. The fourth-order valence-electron chi connectivity index (χ4n) is 1.27. The van der Waals surface area contributed by atoms with E-state index in [1.54, 1.807) is 24.3 Å². The van der Waals surface area contributed by atoms with Crippen LogP contribution in [0.5, 0.6) is 5.75 Å². The standard InChI is InChI=1S/C12H15ClN2O3/c1-2-18-10-5-3-4-9(8-10)14-12(17)15-11(16)6-7-13/h3-5,8H,2,6-7H2,1H3,(H2,14,15,16,17). The molecule has 0 unspecified atom stereocenters. The zero-order valence-electron chi connectivity index (χ0n) is 10.0. The van der Waals surface area contributed by atoms with E-state index in [4.69, 9.17) is 16.3 Å². The van der Waals surface area contributed by atoms with Crippen LogP contribution in [0.15, 0.2) is 24.3 Å². The van der Waals surface area contributed by atoms with E-state index in [0.717, 1.165) is 0 Å². The molecule has 98 valence electrons. The SMILES string of the molecule is CCOc1cccc(NC(=O)NC(=O)CCCl)c1. The Bertz CT molecular complexity index is 424. The maximum Gasteiger partial charge on any atom is 0.325 e. The van der Waals surface area contributed by atoms with Crippen molar-refractivity contribution in [2.75, 3.05) is 17.8 Å². The number of nitrogens with one attached hydrogen (secondary N) is 2. The largest absolute Gasteiger partial charge is 0.494 e. The summed E-state index contributed by atoms with van der Waals surface area (Å²) in [5, 5.41) is 4.70. The number of urea groups is 1. The van der Waals surface area contributed by atoms with Gasteiger partial charge in [0.1, 0.15) is 5.75 Å². The van der Waals surface area contributed by atoms with Crippen molar-refractivity contribution in [2.45, 2.75) is 13.3 Å². The molecule has 0 spiro atoms. The number of anilines is 1. The highest BCUT2D eigenvalue weighted by molar-refractivity contribution is 6.19. The van der Waals surface area contributed by atoms with Gasteiger partial charge in [0, 0.05) is 24.1 Å². The molecule has 1 rings (SSSR count). The molecule has 0 saturated carbocycles. The van der Waals surface area contributed by atoms with Crippen LogP contribution in [0.4, 0.5) is 10.5 Å². The molecule has 3 amide bonds. The minimum absolute atomic E-state index is 0.105. The lowest BCUT2D eigenvalue weighted by atomic mass is 10.3. The van der Waals surface area contributed by atoms with E-state index in [1.165, 1.54) is 0 Å². The molecule has 0 aromatic heterocycles. The first kappa shape index (κ1) is 14.3. The smallest absolute Gasteiger partial charge is 0.325 e. The predicted molar refractivity (Wildman–Crippen MR) is 70.1 cm³/mol. The molecule has 1 aromatic rings. The monoisotopic (exact) mass is 270 g/mol. The highest BCUT2D eigenvalue weighted by Gasteiger charge is 2.07. The van der Waals surface area contributed by atoms with Gasteiger partial charge in [0.15, 0.2) is 0 Å². The van der Waals surface area contributed by atoms with Crippen LogP contribution in [-0.4, -0.2) is 24.4 Å². The Balaban J connectivity index is 2.53. The van der Waals surface area contributed by atoms with Gasteiger partial charge in [-0.1, -0.05) is 6.07 Å². The summed E-state index contributed by atoms with van der Waals surface area (Å²) < 4.78 is 5.29. The van der Waals surface area contributed by atoms with Gasteiger partial charge >= 0.3 is 6.03 Å². The van der Waals surface area contributed by atoms with E-state index in [9.17, 15) is 9.59 Å². The van der Waals surface area contributed by atoms with Gasteiger partial charge in [-0.05, 0) is 19.1 Å². The first-order chi connectivity index (χ1) is 8.65. The molecule has 2 N–H and O–H groups in total. The number of carbonyl (C=O) groups is 2. The molecule has 0 atom stereocenters. The summed E-state index contributed by atoms with van der Waals surface area (Å²) in [5.74, 6) is 0.421. The van der Waals surface area contributed by atoms with Crippen molar-refractivity contribution in [1.29, 1.82) is 0 Å². The van der Waals surface area contributed by atoms with Crippen molar-refractivity contribution in [1.82, 2.24) is 5.32 Å². The van der Waals surface area contributed by atoms with Crippen LogP contribution in [0.1, 0.15) is 13.3 Å². The Kier molecular flexibility index (Phi) is 6.00. The number of alkyl halides is 1. The normalized spacial score (nSPS) is 9.67. The average molecular weight is 271 g/mol. The third kappa shape index (κ3) is 5.05. The van der Waals surface area contributed by atoms with Crippen molar-refractivity contribution in [3.8, 4) is 5.75 Å². The van der Waals surface area contributed by atoms with E-state index in [2.05, 4.69) is 10.6 Å². The zero-order chi connectivity index (χ0) is 13.4. The molecule has 5 nitrogen and oxygen atoms in total. The van der Waals surface area contributed by atoms with E-state index in [0.29, 0.717) is 18.0 Å². The first-order valence-corrected chi connectivity index (χ1v) is 6.08. The Morgan fingerprint density at radius 2 is 2.17 bits per heavy atom. The number of rotatable bonds is 5. The van der Waals surface area contributed by atoms with Crippen molar-refractivity contribution in [3.05, 3.63) is 24.3 Å². The van der Waals surface area contributed by atoms with Crippen molar-refractivity contribution < 1.29 is 14.3 Å². The highest BCUT2D eigenvalue weighted by atomic mass is 35.5. The molecule has 0 aliphatic carbocycles. The second-order valence-corrected chi connectivity index (χ2v) is 3.78. The van der Waals surface area contributed by atoms with E-state index in [1.807, 2.05) is 6.92 Å². The molecular weight excluding hydrogens is 256 g/mol. The molecule has 0 bridgehead atoms. The minimum atomic E-state index is -0.584. The molecule has 0 radical (unpaired) electrons. The molecule has 0 aliphatic heterocycles. The van der Waals surface area contributed by atoms with Gasteiger partial charge in [-0.2, -0.15) is 0 Å². The minimum Gasteiger partial charge on any atom is -0.494 e. The van der Waals surface area contributed by atoms with Gasteiger partial charge in [-0.15, -0.1) is 11.6 Å². The zero-order valence-corrected chi connectivity index (χ0v) is 10.8. The van der Waals surface area contributed by atoms with Crippen molar-refractivity contribution in [3.63, 3.8) is 0 Å². The summed E-state index contributed by atoms with van der Waals surface area (Å²) in [6.07, 6.45) is 0.105. The van der Waals surface area contributed by atoms with Crippen LogP contribution >= 0.6 is 11.6 Å². The fourth-order valence-corrected chi connectivity index (χ4v) is 1.44. The van der Waals surface area contributed by atoms with Gasteiger partial charge in [0.05, 0.1) is 6.61 Å². The second-order valence-electron chi connectivity index (χ2n) is 3.40. The van der Waals surface area contributed by atoms with Gasteiger partial charge < -0.3 is 10.1 Å². The molecular formula is C12H15ClN2O3. The lowest BCUT2D eigenvalue weighted by Crippen LogP contribution is -2.34. The van der Waals surface area contributed by atoms with Crippen LogP contribution in [0.25, 0.3) is 0 Å². The average Bonchev–Trinajstić information content (AvgIpc) is 2.29. The summed E-state index contributed by atoms with van der Waals surface area (Å²) in [6, 6.07) is 6.33. The fraction of sp³-hybridized carbons (Fsp3) is 0.333. The number of carbonyl (C=O) groups excluding carboxylic acids is 2.